The zero-order valence-corrected chi connectivity index (χ0v) is 26.2. The number of aliphatic imine (C=N–C) groups is 1. The number of carbonyl (C=O) groups is 1. The van der Waals surface area contributed by atoms with Crippen LogP contribution in [0.3, 0.4) is 0 Å². The summed E-state index contributed by atoms with van der Waals surface area (Å²) < 4.78 is -0.616. The number of amidine groups is 1. The predicted molar refractivity (Wildman–Crippen MR) is 174 cm³/mol. The Labute approximate surface area is 244 Å². The van der Waals surface area contributed by atoms with E-state index in [4.69, 9.17) is 4.99 Å². The van der Waals surface area contributed by atoms with Crippen LogP contribution in [0.2, 0.25) is 0 Å². The van der Waals surface area contributed by atoms with Crippen LogP contribution in [0.25, 0.3) is 0 Å². The molecular weight excluding hydrogens is 514 g/mol. The lowest BCUT2D eigenvalue weighted by molar-refractivity contribution is -0.126. The van der Waals surface area contributed by atoms with Gasteiger partial charge in [-0.05, 0) is 61.4 Å². The van der Waals surface area contributed by atoms with Crippen LogP contribution < -0.4 is 20.0 Å². The Morgan fingerprint density at radius 3 is 1.70 bits per heavy atom. The van der Waals surface area contributed by atoms with Gasteiger partial charge in [-0.25, -0.2) is 4.99 Å². The molecule has 0 saturated carbocycles. The predicted octanol–water partition coefficient (Wildman–Crippen LogP) is 6.85. The van der Waals surface area contributed by atoms with Crippen molar-refractivity contribution >= 4 is 45.6 Å². The van der Waals surface area contributed by atoms with Crippen molar-refractivity contribution in [2.75, 3.05) is 56.0 Å². The van der Waals surface area contributed by atoms with E-state index in [9.17, 15) is 4.79 Å². The summed E-state index contributed by atoms with van der Waals surface area (Å²) in [7, 11) is 8.21. The van der Waals surface area contributed by atoms with Crippen LogP contribution >= 0.6 is 11.8 Å². The normalized spacial score (nSPS) is 14.2. The number of amides is 1. The first-order valence-corrected chi connectivity index (χ1v) is 14.8. The lowest BCUT2D eigenvalue weighted by atomic mass is 9.82. The van der Waals surface area contributed by atoms with Crippen molar-refractivity contribution in [1.82, 2.24) is 5.32 Å². The summed E-state index contributed by atoms with van der Waals surface area (Å²) in [6.07, 6.45) is 0. The van der Waals surface area contributed by atoms with Gasteiger partial charge in [0.25, 0.3) is 0 Å². The van der Waals surface area contributed by atoms with E-state index in [1.165, 1.54) is 0 Å². The number of nitrogens with zero attached hydrogens (tertiary/aromatic N) is 4. The molecule has 4 rings (SSSR count). The number of benzene rings is 3. The smallest absolute Gasteiger partial charge is 0.231 e. The molecule has 3 aromatic carbocycles. The SMILES string of the molecule is CCN(CC)c1ccc2c(c1)N=C(NC(=O)C(C)(C)C)SC2(c1ccc(N(C)C)cc1)c1ccc(N(C)C)cc1. The van der Waals surface area contributed by atoms with Crippen molar-refractivity contribution in [1.29, 1.82) is 0 Å². The van der Waals surface area contributed by atoms with Gasteiger partial charge in [-0.2, -0.15) is 0 Å². The maximum atomic E-state index is 13.2. The van der Waals surface area contributed by atoms with E-state index in [0.29, 0.717) is 5.17 Å². The van der Waals surface area contributed by atoms with Crippen molar-refractivity contribution in [2.45, 2.75) is 39.4 Å². The van der Waals surface area contributed by atoms with Gasteiger partial charge in [0.1, 0.15) is 4.75 Å². The first kappa shape index (κ1) is 29.5. The fourth-order valence-corrected chi connectivity index (χ4v) is 6.32. The summed E-state index contributed by atoms with van der Waals surface area (Å²) >= 11 is 1.60. The van der Waals surface area contributed by atoms with Crippen LogP contribution in [-0.4, -0.2) is 52.4 Å². The number of hydrogen-bond donors (Lipinski definition) is 1. The molecule has 0 bridgehead atoms. The van der Waals surface area contributed by atoms with Crippen molar-refractivity contribution in [2.24, 2.45) is 10.4 Å². The van der Waals surface area contributed by atoms with Gasteiger partial charge >= 0.3 is 0 Å². The highest BCUT2D eigenvalue weighted by atomic mass is 32.2. The van der Waals surface area contributed by atoms with E-state index in [-0.39, 0.29) is 5.91 Å². The first-order valence-electron chi connectivity index (χ1n) is 13.9. The van der Waals surface area contributed by atoms with E-state index in [1.54, 1.807) is 11.8 Å². The lowest BCUT2D eigenvalue weighted by Crippen LogP contribution is -2.41. The second-order valence-corrected chi connectivity index (χ2v) is 12.9. The number of anilines is 3. The Hall–Kier alpha value is -3.45. The van der Waals surface area contributed by atoms with Gasteiger partial charge in [0.05, 0.1) is 5.69 Å². The molecule has 0 atom stereocenters. The highest BCUT2D eigenvalue weighted by Gasteiger charge is 2.44. The Morgan fingerprint density at radius 1 is 0.800 bits per heavy atom. The molecule has 1 heterocycles. The fourth-order valence-electron chi connectivity index (χ4n) is 4.95. The maximum Gasteiger partial charge on any atom is 0.231 e. The van der Waals surface area contributed by atoms with E-state index in [0.717, 1.165) is 52.5 Å². The molecular formula is C33H43N5OS. The van der Waals surface area contributed by atoms with Gasteiger partial charge < -0.3 is 20.0 Å². The van der Waals surface area contributed by atoms with Gasteiger partial charge in [-0.1, -0.05) is 62.9 Å². The van der Waals surface area contributed by atoms with Crippen LogP contribution in [0.5, 0.6) is 0 Å². The Kier molecular flexibility index (Phi) is 8.55. The summed E-state index contributed by atoms with van der Waals surface area (Å²) in [5.41, 5.74) is 7.10. The molecule has 0 saturated heterocycles. The van der Waals surface area contributed by atoms with Gasteiger partial charge in [0.2, 0.25) is 5.91 Å². The van der Waals surface area contributed by atoms with Crippen molar-refractivity contribution in [3.05, 3.63) is 83.4 Å². The average Bonchev–Trinajstić information content (AvgIpc) is 2.92. The molecule has 0 unspecified atom stereocenters. The Balaban J connectivity index is 2.00. The number of carbonyl (C=O) groups excluding carboxylic acids is 1. The Bertz CT molecular complexity index is 1320. The second kappa shape index (κ2) is 11.6. The van der Waals surface area contributed by atoms with Crippen molar-refractivity contribution in [3.8, 4) is 0 Å². The van der Waals surface area contributed by atoms with Crippen LogP contribution in [0.4, 0.5) is 22.7 Å². The largest absolute Gasteiger partial charge is 0.378 e. The monoisotopic (exact) mass is 557 g/mol. The third-order valence-corrected chi connectivity index (χ3v) is 8.83. The van der Waals surface area contributed by atoms with Gasteiger partial charge in [0.15, 0.2) is 5.17 Å². The molecule has 0 spiro atoms. The second-order valence-electron chi connectivity index (χ2n) is 11.7. The summed E-state index contributed by atoms with van der Waals surface area (Å²) in [4.78, 5) is 24.8. The summed E-state index contributed by atoms with van der Waals surface area (Å²) in [6.45, 7) is 11.9. The van der Waals surface area contributed by atoms with Gasteiger partial charge in [0, 0.05) is 69.3 Å². The molecule has 0 radical (unpaired) electrons. The molecule has 1 amide bonds. The molecule has 7 heteroatoms. The summed E-state index contributed by atoms with van der Waals surface area (Å²) in [5, 5.41) is 3.78. The van der Waals surface area contributed by atoms with Crippen molar-refractivity contribution in [3.63, 3.8) is 0 Å². The van der Waals surface area contributed by atoms with E-state index in [2.05, 4.69) is 129 Å². The quantitative estimate of drug-likeness (QED) is 0.344. The van der Waals surface area contributed by atoms with Crippen LogP contribution in [0.1, 0.15) is 51.3 Å². The number of nitrogens with one attached hydrogen (secondary N) is 1. The third kappa shape index (κ3) is 5.71. The highest BCUT2D eigenvalue weighted by molar-refractivity contribution is 8.15. The lowest BCUT2D eigenvalue weighted by Gasteiger charge is -2.39. The molecule has 3 aromatic rings. The zero-order chi connectivity index (χ0) is 29.2. The topological polar surface area (TPSA) is 51.2 Å². The molecule has 212 valence electrons. The fraction of sp³-hybridized carbons (Fsp3) is 0.394. The minimum Gasteiger partial charge on any atom is -0.378 e. The highest BCUT2D eigenvalue weighted by Crippen LogP contribution is 2.55. The van der Waals surface area contributed by atoms with E-state index >= 15 is 0 Å². The van der Waals surface area contributed by atoms with Crippen LogP contribution in [0.15, 0.2) is 71.7 Å². The number of fused-ring (bicyclic) bond motifs is 1. The minimum absolute atomic E-state index is 0.0538. The van der Waals surface area contributed by atoms with Gasteiger partial charge in [-0.15, -0.1) is 0 Å². The van der Waals surface area contributed by atoms with Crippen molar-refractivity contribution < 1.29 is 4.79 Å². The molecule has 0 aromatic heterocycles. The molecule has 1 N–H and O–H groups in total. The minimum atomic E-state index is -0.616. The number of rotatable bonds is 7. The summed E-state index contributed by atoms with van der Waals surface area (Å²) in [5.74, 6) is -0.0538. The molecule has 0 fully saturated rings. The first-order chi connectivity index (χ1) is 18.9. The van der Waals surface area contributed by atoms with Gasteiger partial charge in [-0.3, -0.25) is 4.79 Å². The van der Waals surface area contributed by atoms with E-state index < -0.39 is 10.2 Å². The number of thioether (sulfide) groups is 1. The molecule has 0 aliphatic carbocycles. The standard InChI is InChI=1S/C33H43N5OS/c1-10-38(11-2)27-20-21-28-29(22-27)34-31(35-30(39)32(3,4)5)40-33(28,23-12-16-25(17-13-23)36(6)7)24-14-18-26(19-15-24)37(8)9/h12-22H,10-11H2,1-9H3,(H,34,35,39). The average molecular weight is 558 g/mol. The van der Waals surface area contributed by atoms with Crippen LogP contribution in [-0.2, 0) is 9.54 Å². The summed E-state index contributed by atoms with van der Waals surface area (Å²) in [6, 6.07) is 24.1. The Morgan fingerprint density at radius 2 is 1.27 bits per heavy atom. The third-order valence-electron chi connectivity index (χ3n) is 7.44. The number of hydrogen-bond acceptors (Lipinski definition) is 6. The van der Waals surface area contributed by atoms with Crippen LogP contribution in [0, 0.1) is 5.41 Å². The molecule has 1 aliphatic heterocycles. The zero-order valence-electron chi connectivity index (χ0n) is 25.4. The molecule has 6 nitrogen and oxygen atoms in total. The van der Waals surface area contributed by atoms with E-state index in [1.807, 2.05) is 20.8 Å². The molecule has 1 aliphatic rings. The molecule has 40 heavy (non-hydrogen) atoms. The maximum absolute atomic E-state index is 13.2.